The first-order chi connectivity index (χ1) is 7.49. The Bertz CT molecular complexity index is 228. The lowest BCUT2D eigenvalue weighted by Crippen LogP contribution is -2.38. The second-order valence-corrected chi connectivity index (χ2v) is 5.53. The summed E-state index contributed by atoms with van der Waals surface area (Å²) in [5.74, 6) is 1.08. The van der Waals surface area contributed by atoms with Crippen LogP contribution in [0.5, 0.6) is 0 Å². The van der Waals surface area contributed by atoms with E-state index in [-0.39, 0.29) is 0 Å². The van der Waals surface area contributed by atoms with Crippen molar-refractivity contribution in [1.82, 2.24) is 9.80 Å². The maximum atomic E-state index is 11.2. The second kappa shape index (κ2) is 6.36. The molecule has 0 aliphatic carbocycles. The molecule has 3 nitrogen and oxygen atoms in total. The number of nitrogens with zero attached hydrogens (tertiary/aromatic N) is 2. The van der Waals surface area contributed by atoms with Crippen LogP contribution < -0.4 is 0 Å². The molecule has 0 aromatic carbocycles. The van der Waals surface area contributed by atoms with Crippen molar-refractivity contribution in [3.63, 3.8) is 0 Å². The average molecular weight is 226 g/mol. The summed E-state index contributed by atoms with van der Waals surface area (Å²) < 4.78 is 0. The number of hydrogen-bond acceptors (Lipinski definition) is 3. The van der Waals surface area contributed by atoms with Gasteiger partial charge in [-0.15, -0.1) is 0 Å². The topological polar surface area (TPSA) is 23.6 Å². The fraction of sp³-hybridized carbons (Fsp3) is 0.923. The number of ketones is 1. The molecule has 0 aromatic heterocycles. The van der Waals surface area contributed by atoms with Crippen LogP contribution in [0.1, 0.15) is 32.6 Å². The fourth-order valence-corrected chi connectivity index (χ4v) is 2.66. The lowest BCUT2D eigenvalue weighted by molar-refractivity contribution is -0.118. The van der Waals surface area contributed by atoms with E-state index in [0.29, 0.717) is 18.2 Å². The monoisotopic (exact) mass is 226 g/mol. The highest BCUT2D eigenvalue weighted by Crippen LogP contribution is 2.22. The van der Waals surface area contributed by atoms with Crippen LogP contribution in [0.4, 0.5) is 0 Å². The van der Waals surface area contributed by atoms with Gasteiger partial charge in [-0.3, -0.25) is 4.79 Å². The quantitative estimate of drug-likeness (QED) is 0.712. The zero-order valence-electron chi connectivity index (χ0n) is 11.2. The van der Waals surface area contributed by atoms with E-state index in [4.69, 9.17) is 0 Å². The number of carbonyl (C=O) groups is 1. The molecule has 1 aliphatic rings. The van der Waals surface area contributed by atoms with Crippen molar-refractivity contribution >= 4 is 5.78 Å². The summed E-state index contributed by atoms with van der Waals surface area (Å²) >= 11 is 0. The van der Waals surface area contributed by atoms with Crippen molar-refractivity contribution in [3.05, 3.63) is 0 Å². The zero-order chi connectivity index (χ0) is 12.1. The summed E-state index contributed by atoms with van der Waals surface area (Å²) in [6, 6.07) is 0.425. The van der Waals surface area contributed by atoms with Crippen LogP contribution in [0.25, 0.3) is 0 Å². The lowest BCUT2D eigenvalue weighted by atomic mass is 9.89. The van der Waals surface area contributed by atoms with E-state index in [9.17, 15) is 4.79 Å². The molecule has 0 amide bonds. The van der Waals surface area contributed by atoms with Crippen molar-refractivity contribution in [3.8, 4) is 0 Å². The minimum Gasteiger partial charge on any atom is -0.306 e. The number of rotatable bonds is 5. The summed E-state index contributed by atoms with van der Waals surface area (Å²) in [4.78, 5) is 15.8. The summed E-state index contributed by atoms with van der Waals surface area (Å²) in [6.45, 7) is 4.13. The van der Waals surface area contributed by atoms with Crippen molar-refractivity contribution < 1.29 is 4.79 Å². The number of carbonyl (C=O) groups excluding carboxylic acids is 1. The van der Waals surface area contributed by atoms with Crippen LogP contribution in [0.2, 0.25) is 0 Å². The Balaban J connectivity index is 2.44. The van der Waals surface area contributed by atoms with E-state index in [1.807, 2.05) is 0 Å². The van der Waals surface area contributed by atoms with E-state index in [2.05, 4.69) is 30.9 Å². The number of hydrogen-bond donors (Lipinski definition) is 0. The van der Waals surface area contributed by atoms with Crippen molar-refractivity contribution in [2.45, 2.75) is 38.6 Å². The molecule has 2 atom stereocenters. The largest absolute Gasteiger partial charge is 0.306 e. The molecule has 1 rings (SSSR count). The smallest absolute Gasteiger partial charge is 0.131 e. The third-order valence-corrected chi connectivity index (χ3v) is 3.58. The molecular formula is C13H26N2O. The number of Topliss-reactive ketones (excluding diaryl/α,β-unsaturated/α-hetero) is 1. The molecule has 1 aliphatic heterocycles. The normalized spacial score (nSPS) is 24.7. The second-order valence-electron chi connectivity index (χ2n) is 5.53. The van der Waals surface area contributed by atoms with E-state index in [1.165, 1.54) is 25.9 Å². The Morgan fingerprint density at radius 2 is 2.19 bits per heavy atom. The zero-order valence-corrected chi connectivity index (χ0v) is 11.2. The molecule has 3 heteroatoms. The minimum absolute atomic E-state index is 0.308. The molecule has 1 fully saturated rings. The van der Waals surface area contributed by atoms with Gasteiger partial charge in [0.15, 0.2) is 0 Å². The van der Waals surface area contributed by atoms with Crippen LogP contribution in [0, 0.1) is 5.92 Å². The first-order valence-electron chi connectivity index (χ1n) is 6.33. The Kier molecular flexibility index (Phi) is 5.42. The molecule has 0 spiro atoms. The van der Waals surface area contributed by atoms with Gasteiger partial charge < -0.3 is 9.80 Å². The van der Waals surface area contributed by atoms with E-state index < -0.39 is 0 Å². The van der Waals surface area contributed by atoms with Crippen LogP contribution >= 0.6 is 0 Å². The van der Waals surface area contributed by atoms with Gasteiger partial charge in [0.1, 0.15) is 5.78 Å². The summed E-state index contributed by atoms with van der Waals surface area (Å²) in [5, 5.41) is 0. The highest BCUT2D eigenvalue weighted by atomic mass is 16.1. The average Bonchev–Trinajstić information content (AvgIpc) is 2.15. The van der Waals surface area contributed by atoms with Gasteiger partial charge in [0.25, 0.3) is 0 Å². The third kappa shape index (κ3) is 4.62. The van der Waals surface area contributed by atoms with Gasteiger partial charge in [-0.1, -0.05) is 0 Å². The predicted octanol–water partition coefficient (Wildman–Crippen LogP) is 1.63. The van der Waals surface area contributed by atoms with Crippen LogP contribution in [-0.2, 0) is 4.79 Å². The SMILES string of the molecule is CC(=O)CC(CC1CCCN(C)C1)N(C)C. The van der Waals surface area contributed by atoms with Crippen LogP contribution in [-0.4, -0.2) is 55.9 Å². The molecule has 1 heterocycles. The standard InChI is InChI=1S/C13H26N2O/c1-11(16)8-13(14(2)3)9-12-6-5-7-15(4)10-12/h12-13H,5-10H2,1-4H3. The van der Waals surface area contributed by atoms with Crippen molar-refractivity contribution in [2.24, 2.45) is 5.92 Å². The maximum absolute atomic E-state index is 11.2. The molecule has 94 valence electrons. The number of piperidine rings is 1. The molecule has 0 radical (unpaired) electrons. The van der Waals surface area contributed by atoms with Gasteiger partial charge in [0.05, 0.1) is 0 Å². The fourth-order valence-electron chi connectivity index (χ4n) is 2.66. The van der Waals surface area contributed by atoms with Crippen LogP contribution in [0.3, 0.4) is 0 Å². The lowest BCUT2D eigenvalue weighted by Gasteiger charge is -2.34. The number of likely N-dealkylation sites (tertiary alicyclic amines) is 1. The Hall–Kier alpha value is -0.410. The third-order valence-electron chi connectivity index (χ3n) is 3.58. The van der Waals surface area contributed by atoms with E-state index >= 15 is 0 Å². The Morgan fingerprint density at radius 1 is 1.50 bits per heavy atom. The molecule has 0 N–H and O–H groups in total. The summed E-state index contributed by atoms with van der Waals surface area (Å²) in [7, 11) is 6.36. The highest BCUT2D eigenvalue weighted by Gasteiger charge is 2.23. The maximum Gasteiger partial charge on any atom is 0.131 e. The summed E-state index contributed by atoms with van der Waals surface area (Å²) in [5.41, 5.74) is 0. The van der Waals surface area contributed by atoms with Gasteiger partial charge in [0, 0.05) is 19.0 Å². The van der Waals surface area contributed by atoms with Gasteiger partial charge in [-0.2, -0.15) is 0 Å². The van der Waals surface area contributed by atoms with E-state index in [1.54, 1.807) is 6.92 Å². The molecule has 0 aromatic rings. The molecule has 2 unspecified atom stereocenters. The van der Waals surface area contributed by atoms with Gasteiger partial charge >= 0.3 is 0 Å². The van der Waals surface area contributed by atoms with Gasteiger partial charge in [-0.05, 0) is 59.8 Å². The Morgan fingerprint density at radius 3 is 2.69 bits per heavy atom. The van der Waals surface area contributed by atoms with Crippen LogP contribution in [0.15, 0.2) is 0 Å². The van der Waals surface area contributed by atoms with Crippen molar-refractivity contribution in [1.29, 1.82) is 0 Å². The van der Waals surface area contributed by atoms with Gasteiger partial charge in [-0.25, -0.2) is 0 Å². The Labute approximate surface area is 99.8 Å². The first kappa shape index (κ1) is 13.7. The molecule has 1 saturated heterocycles. The van der Waals surface area contributed by atoms with E-state index in [0.717, 1.165) is 12.3 Å². The first-order valence-corrected chi connectivity index (χ1v) is 6.33. The molecule has 16 heavy (non-hydrogen) atoms. The molecule has 0 saturated carbocycles. The van der Waals surface area contributed by atoms with Gasteiger partial charge in [0.2, 0.25) is 0 Å². The highest BCUT2D eigenvalue weighted by molar-refractivity contribution is 5.76. The van der Waals surface area contributed by atoms with Crippen molar-refractivity contribution in [2.75, 3.05) is 34.2 Å². The summed E-state index contributed by atoms with van der Waals surface area (Å²) in [6.07, 6.45) is 4.50. The molecule has 0 bridgehead atoms. The minimum atomic E-state index is 0.308. The predicted molar refractivity (Wildman–Crippen MR) is 67.6 cm³/mol. The molecular weight excluding hydrogens is 200 g/mol.